The lowest BCUT2D eigenvalue weighted by atomic mass is 9.92. The van der Waals surface area contributed by atoms with Gasteiger partial charge in [0.1, 0.15) is 0 Å². The molecule has 0 bridgehead atoms. The highest BCUT2D eigenvalue weighted by Gasteiger charge is 2.18. The van der Waals surface area contributed by atoms with E-state index >= 15 is 0 Å². The molecule has 0 fully saturated rings. The lowest BCUT2D eigenvalue weighted by Crippen LogP contribution is -2.16. The Bertz CT molecular complexity index is 847. The summed E-state index contributed by atoms with van der Waals surface area (Å²) in [7, 11) is 2.77. The molecule has 2 rings (SSSR count). The first-order valence-corrected chi connectivity index (χ1v) is 9.60. The Kier molecular flexibility index (Phi) is 7.65. The fourth-order valence-electron chi connectivity index (χ4n) is 3.00. The number of anilines is 1. The van der Waals surface area contributed by atoms with Crippen LogP contribution in [0, 0.1) is 0 Å². The van der Waals surface area contributed by atoms with Crippen molar-refractivity contribution >= 4 is 17.6 Å². The SMILES string of the molecule is COC(=O)COc1ccc(C(=O)Nc2c(C(C)C)cccc2C(C)C)cc1OC. The molecule has 1 amide bonds. The predicted octanol–water partition coefficient (Wildman–Crippen LogP) is 4.75. The van der Waals surface area contributed by atoms with Gasteiger partial charge in [0.25, 0.3) is 5.91 Å². The molecule has 0 atom stereocenters. The number of para-hydroxylation sites is 1. The zero-order valence-electron chi connectivity index (χ0n) is 17.9. The summed E-state index contributed by atoms with van der Waals surface area (Å²) < 4.78 is 15.3. The van der Waals surface area contributed by atoms with Gasteiger partial charge in [0.05, 0.1) is 14.2 Å². The number of methoxy groups -OCH3 is 2. The van der Waals surface area contributed by atoms with Crippen molar-refractivity contribution in [2.75, 3.05) is 26.1 Å². The molecule has 0 saturated heterocycles. The lowest BCUT2D eigenvalue weighted by molar-refractivity contribution is -0.142. The van der Waals surface area contributed by atoms with Gasteiger partial charge in [-0.1, -0.05) is 45.9 Å². The third-order valence-corrected chi connectivity index (χ3v) is 4.61. The van der Waals surface area contributed by atoms with Gasteiger partial charge in [-0.15, -0.1) is 0 Å². The summed E-state index contributed by atoms with van der Waals surface area (Å²) in [6.07, 6.45) is 0. The Morgan fingerprint density at radius 2 is 1.55 bits per heavy atom. The molecular weight excluding hydrogens is 370 g/mol. The van der Waals surface area contributed by atoms with Crippen molar-refractivity contribution in [1.82, 2.24) is 0 Å². The number of hydrogen-bond donors (Lipinski definition) is 1. The van der Waals surface area contributed by atoms with Crippen molar-refractivity contribution < 1.29 is 23.8 Å². The van der Waals surface area contributed by atoms with Crippen molar-refractivity contribution in [3.05, 3.63) is 53.1 Å². The third kappa shape index (κ3) is 5.50. The van der Waals surface area contributed by atoms with Crippen LogP contribution in [0.15, 0.2) is 36.4 Å². The number of benzene rings is 2. The number of carbonyl (C=O) groups excluding carboxylic acids is 2. The highest BCUT2D eigenvalue weighted by Crippen LogP contribution is 2.33. The van der Waals surface area contributed by atoms with Gasteiger partial charge in [-0.2, -0.15) is 0 Å². The van der Waals surface area contributed by atoms with E-state index in [2.05, 4.69) is 37.7 Å². The normalized spacial score (nSPS) is 10.8. The van der Waals surface area contributed by atoms with Crippen LogP contribution in [0.2, 0.25) is 0 Å². The molecular formula is C23H29NO5. The van der Waals surface area contributed by atoms with E-state index in [0.29, 0.717) is 17.1 Å². The van der Waals surface area contributed by atoms with Gasteiger partial charge in [0, 0.05) is 11.3 Å². The van der Waals surface area contributed by atoms with Crippen LogP contribution in [0.4, 0.5) is 5.69 Å². The van der Waals surface area contributed by atoms with E-state index in [1.807, 2.05) is 18.2 Å². The summed E-state index contributed by atoms with van der Waals surface area (Å²) in [5, 5.41) is 3.08. The van der Waals surface area contributed by atoms with E-state index in [1.165, 1.54) is 14.2 Å². The van der Waals surface area contributed by atoms with Crippen LogP contribution in [0.5, 0.6) is 11.5 Å². The molecule has 29 heavy (non-hydrogen) atoms. The molecule has 0 unspecified atom stereocenters. The van der Waals surface area contributed by atoms with E-state index in [1.54, 1.807) is 18.2 Å². The topological polar surface area (TPSA) is 73.9 Å². The lowest BCUT2D eigenvalue weighted by Gasteiger charge is -2.20. The van der Waals surface area contributed by atoms with Crippen molar-refractivity contribution in [3.63, 3.8) is 0 Å². The van der Waals surface area contributed by atoms with Crippen LogP contribution in [0.3, 0.4) is 0 Å². The van der Waals surface area contributed by atoms with Crippen molar-refractivity contribution in [2.45, 2.75) is 39.5 Å². The summed E-state index contributed by atoms with van der Waals surface area (Å²) in [6, 6.07) is 10.9. The minimum atomic E-state index is -0.500. The summed E-state index contributed by atoms with van der Waals surface area (Å²) in [6.45, 7) is 8.17. The Balaban J connectivity index is 2.31. The maximum atomic E-state index is 13.0. The summed E-state index contributed by atoms with van der Waals surface area (Å²) in [5.74, 6) is 0.529. The first-order valence-electron chi connectivity index (χ1n) is 9.60. The second-order valence-electron chi connectivity index (χ2n) is 7.31. The third-order valence-electron chi connectivity index (χ3n) is 4.61. The first-order chi connectivity index (χ1) is 13.8. The Hall–Kier alpha value is -3.02. The maximum absolute atomic E-state index is 13.0. The van der Waals surface area contributed by atoms with Gasteiger partial charge in [-0.05, 0) is 41.2 Å². The van der Waals surface area contributed by atoms with Crippen LogP contribution >= 0.6 is 0 Å². The van der Waals surface area contributed by atoms with Gasteiger partial charge >= 0.3 is 5.97 Å². The molecule has 2 aromatic rings. The van der Waals surface area contributed by atoms with Gasteiger partial charge in [-0.25, -0.2) is 4.79 Å². The Morgan fingerprint density at radius 3 is 2.07 bits per heavy atom. The molecule has 1 N–H and O–H groups in total. The van der Waals surface area contributed by atoms with E-state index in [0.717, 1.165) is 16.8 Å². The molecule has 0 spiro atoms. The van der Waals surface area contributed by atoms with Crippen LogP contribution < -0.4 is 14.8 Å². The number of ether oxygens (including phenoxy) is 3. The van der Waals surface area contributed by atoms with Gasteiger partial charge in [0.15, 0.2) is 18.1 Å². The van der Waals surface area contributed by atoms with Crippen molar-refractivity contribution in [2.24, 2.45) is 0 Å². The number of esters is 1. The van der Waals surface area contributed by atoms with Crippen molar-refractivity contribution in [3.8, 4) is 11.5 Å². The standard InChI is InChI=1S/C23H29NO5/c1-14(2)17-8-7-9-18(15(3)4)22(17)24-23(26)16-10-11-19(20(12-16)27-5)29-13-21(25)28-6/h7-12,14-15H,13H2,1-6H3,(H,24,26). The zero-order valence-corrected chi connectivity index (χ0v) is 17.9. The molecule has 6 nitrogen and oxygen atoms in total. The molecule has 0 saturated carbocycles. The fourth-order valence-corrected chi connectivity index (χ4v) is 3.00. The van der Waals surface area contributed by atoms with Gasteiger partial charge in [-0.3, -0.25) is 4.79 Å². The fraction of sp³-hybridized carbons (Fsp3) is 0.391. The van der Waals surface area contributed by atoms with E-state index in [9.17, 15) is 9.59 Å². The molecule has 0 aliphatic carbocycles. The second kappa shape index (κ2) is 9.96. The number of rotatable bonds is 8. The van der Waals surface area contributed by atoms with Crippen molar-refractivity contribution in [1.29, 1.82) is 0 Å². The number of amides is 1. The average Bonchev–Trinajstić information content (AvgIpc) is 2.71. The van der Waals surface area contributed by atoms with E-state index in [-0.39, 0.29) is 24.3 Å². The Labute approximate surface area is 172 Å². The smallest absolute Gasteiger partial charge is 0.343 e. The minimum absolute atomic E-state index is 0.238. The number of nitrogens with one attached hydrogen (secondary N) is 1. The molecule has 156 valence electrons. The molecule has 6 heteroatoms. The molecule has 0 radical (unpaired) electrons. The van der Waals surface area contributed by atoms with Gasteiger partial charge < -0.3 is 19.5 Å². The largest absolute Gasteiger partial charge is 0.493 e. The van der Waals surface area contributed by atoms with E-state index < -0.39 is 5.97 Å². The van der Waals surface area contributed by atoms with Crippen LogP contribution in [-0.4, -0.2) is 32.7 Å². The Morgan fingerprint density at radius 1 is 0.931 bits per heavy atom. The average molecular weight is 399 g/mol. The van der Waals surface area contributed by atoms with E-state index in [4.69, 9.17) is 9.47 Å². The quantitative estimate of drug-likeness (QED) is 0.649. The molecule has 0 aromatic heterocycles. The predicted molar refractivity (Wildman–Crippen MR) is 113 cm³/mol. The molecule has 2 aromatic carbocycles. The van der Waals surface area contributed by atoms with Crippen LogP contribution in [0.1, 0.15) is 61.0 Å². The summed E-state index contributed by atoms with van der Waals surface area (Å²) in [4.78, 5) is 24.3. The molecule has 0 aliphatic heterocycles. The van der Waals surface area contributed by atoms with Gasteiger partial charge in [0.2, 0.25) is 0 Å². The monoisotopic (exact) mass is 399 g/mol. The number of hydrogen-bond acceptors (Lipinski definition) is 5. The van der Waals surface area contributed by atoms with Crippen LogP contribution in [-0.2, 0) is 9.53 Å². The maximum Gasteiger partial charge on any atom is 0.343 e. The molecule has 0 heterocycles. The molecule has 0 aliphatic rings. The summed E-state index contributed by atoms with van der Waals surface area (Å²) >= 11 is 0. The second-order valence-corrected chi connectivity index (χ2v) is 7.31. The number of carbonyl (C=O) groups is 2. The first kappa shape index (κ1) is 22.3. The summed E-state index contributed by atoms with van der Waals surface area (Å²) in [5.41, 5.74) is 3.47. The minimum Gasteiger partial charge on any atom is -0.493 e. The highest BCUT2D eigenvalue weighted by atomic mass is 16.6. The van der Waals surface area contributed by atoms with Crippen LogP contribution in [0.25, 0.3) is 0 Å². The zero-order chi connectivity index (χ0) is 21.6. The highest BCUT2D eigenvalue weighted by molar-refractivity contribution is 6.05.